The van der Waals surface area contributed by atoms with Crippen LogP contribution in [-0.4, -0.2) is 24.9 Å². The average molecular weight is 174 g/mol. The molecule has 0 saturated carbocycles. The first kappa shape index (κ1) is 11.9. The van der Waals surface area contributed by atoms with Gasteiger partial charge in [-0.15, -0.1) is 0 Å². The third-order valence-corrected chi connectivity index (χ3v) is 2.12. The molecule has 0 aromatic heterocycles. The summed E-state index contributed by atoms with van der Waals surface area (Å²) in [5.74, 6) is 1.14. The highest BCUT2D eigenvalue weighted by atomic mass is 16.5. The van der Waals surface area contributed by atoms with Crippen LogP contribution in [0.5, 0.6) is 0 Å². The van der Waals surface area contributed by atoms with Crippen molar-refractivity contribution in [3.63, 3.8) is 0 Å². The molecule has 0 aromatic carbocycles. The monoisotopic (exact) mass is 174 g/mol. The molecule has 1 N–H and O–H groups in total. The van der Waals surface area contributed by atoms with Crippen molar-refractivity contribution >= 4 is 0 Å². The lowest BCUT2D eigenvalue weighted by atomic mass is 10.1. The molecule has 2 heteroatoms. The van der Waals surface area contributed by atoms with E-state index in [1.165, 1.54) is 6.42 Å². The fourth-order valence-corrected chi connectivity index (χ4v) is 0.892. The molecule has 0 aliphatic rings. The maximum atomic E-state index is 8.64. The van der Waals surface area contributed by atoms with E-state index >= 15 is 0 Å². The summed E-state index contributed by atoms with van der Waals surface area (Å²) in [6.45, 7) is 8.37. The quantitative estimate of drug-likeness (QED) is 0.640. The van der Waals surface area contributed by atoms with Crippen LogP contribution >= 0.6 is 0 Å². The summed E-state index contributed by atoms with van der Waals surface area (Å²) in [6, 6.07) is 0. The molecule has 2 atom stereocenters. The molecular weight excluding hydrogens is 152 g/mol. The lowest BCUT2D eigenvalue weighted by Gasteiger charge is -2.13. The molecule has 0 heterocycles. The maximum Gasteiger partial charge on any atom is 0.0492 e. The van der Waals surface area contributed by atoms with Gasteiger partial charge in [-0.1, -0.05) is 27.2 Å². The van der Waals surface area contributed by atoms with E-state index < -0.39 is 0 Å². The van der Waals surface area contributed by atoms with Gasteiger partial charge in [-0.3, -0.25) is 0 Å². The van der Waals surface area contributed by atoms with Crippen molar-refractivity contribution in [2.24, 2.45) is 11.8 Å². The Bertz CT molecular complexity index is 93.8. The van der Waals surface area contributed by atoms with E-state index in [-0.39, 0.29) is 6.61 Å². The summed E-state index contributed by atoms with van der Waals surface area (Å²) in [4.78, 5) is 0. The Morgan fingerprint density at radius 3 is 2.25 bits per heavy atom. The predicted molar refractivity (Wildman–Crippen MR) is 51.1 cm³/mol. The summed E-state index contributed by atoms with van der Waals surface area (Å²) in [5.41, 5.74) is 0. The van der Waals surface area contributed by atoms with Crippen LogP contribution in [0.15, 0.2) is 0 Å². The van der Waals surface area contributed by atoms with Crippen molar-refractivity contribution in [2.45, 2.75) is 33.6 Å². The Balaban J connectivity index is 3.18. The van der Waals surface area contributed by atoms with E-state index in [2.05, 4.69) is 20.8 Å². The minimum atomic E-state index is 0.272. The number of hydrogen-bond donors (Lipinski definition) is 1. The number of ether oxygens (including phenoxy) is 1. The smallest absolute Gasteiger partial charge is 0.0492 e. The van der Waals surface area contributed by atoms with Crippen LogP contribution in [0.4, 0.5) is 0 Å². The lowest BCUT2D eigenvalue weighted by Crippen LogP contribution is -2.12. The summed E-state index contributed by atoms with van der Waals surface area (Å²) in [5, 5.41) is 8.64. The van der Waals surface area contributed by atoms with E-state index in [0.29, 0.717) is 11.8 Å². The topological polar surface area (TPSA) is 29.5 Å². The van der Waals surface area contributed by atoms with Gasteiger partial charge in [0.2, 0.25) is 0 Å². The second kappa shape index (κ2) is 7.56. The lowest BCUT2D eigenvalue weighted by molar-refractivity contribution is 0.0713. The summed E-state index contributed by atoms with van der Waals surface area (Å²) in [7, 11) is 0. The van der Waals surface area contributed by atoms with Gasteiger partial charge in [0.25, 0.3) is 0 Å². The number of rotatable bonds is 7. The summed E-state index contributed by atoms with van der Waals surface area (Å²) < 4.78 is 5.49. The van der Waals surface area contributed by atoms with Crippen molar-refractivity contribution in [2.75, 3.05) is 19.8 Å². The average Bonchev–Trinajstić information content (AvgIpc) is 2.04. The molecule has 74 valence electrons. The van der Waals surface area contributed by atoms with Gasteiger partial charge in [-0.25, -0.2) is 0 Å². The highest BCUT2D eigenvalue weighted by molar-refractivity contribution is 4.51. The molecule has 0 saturated heterocycles. The third kappa shape index (κ3) is 6.62. The normalized spacial score (nSPS) is 16.0. The van der Waals surface area contributed by atoms with Crippen LogP contribution < -0.4 is 0 Å². The van der Waals surface area contributed by atoms with Gasteiger partial charge in [0.05, 0.1) is 0 Å². The highest BCUT2D eigenvalue weighted by Gasteiger charge is 2.03. The molecule has 0 fully saturated rings. The molecule has 0 amide bonds. The van der Waals surface area contributed by atoms with Crippen molar-refractivity contribution in [3.8, 4) is 0 Å². The van der Waals surface area contributed by atoms with Crippen molar-refractivity contribution in [1.29, 1.82) is 0 Å². The number of hydrogen-bond acceptors (Lipinski definition) is 2. The van der Waals surface area contributed by atoms with E-state index in [9.17, 15) is 0 Å². The fraction of sp³-hybridized carbons (Fsp3) is 1.00. The minimum Gasteiger partial charge on any atom is -0.396 e. The van der Waals surface area contributed by atoms with Crippen LogP contribution in [0, 0.1) is 11.8 Å². The van der Waals surface area contributed by atoms with Gasteiger partial charge >= 0.3 is 0 Å². The van der Waals surface area contributed by atoms with Gasteiger partial charge in [0, 0.05) is 19.8 Å². The molecule has 0 aliphatic heterocycles. The minimum absolute atomic E-state index is 0.272. The fourth-order valence-electron chi connectivity index (χ4n) is 0.892. The van der Waals surface area contributed by atoms with E-state index in [1.54, 1.807) is 0 Å². The maximum absolute atomic E-state index is 8.64. The molecule has 0 radical (unpaired) electrons. The third-order valence-electron chi connectivity index (χ3n) is 2.12. The second-order valence-corrected chi connectivity index (χ2v) is 3.67. The van der Waals surface area contributed by atoms with E-state index in [0.717, 1.165) is 19.6 Å². The molecule has 2 unspecified atom stereocenters. The Labute approximate surface area is 75.9 Å². The van der Waals surface area contributed by atoms with Gasteiger partial charge in [0.15, 0.2) is 0 Å². The molecule has 0 bridgehead atoms. The Morgan fingerprint density at radius 1 is 1.17 bits per heavy atom. The first-order valence-corrected chi connectivity index (χ1v) is 4.89. The van der Waals surface area contributed by atoms with Crippen LogP contribution in [0.25, 0.3) is 0 Å². The van der Waals surface area contributed by atoms with Crippen LogP contribution in [0.2, 0.25) is 0 Å². The predicted octanol–water partition coefficient (Wildman–Crippen LogP) is 2.07. The molecular formula is C10H22O2. The van der Waals surface area contributed by atoms with Gasteiger partial charge in [0.1, 0.15) is 0 Å². The Kier molecular flexibility index (Phi) is 7.51. The van der Waals surface area contributed by atoms with Crippen LogP contribution in [0.3, 0.4) is 0 Å². The number of aliphatic hydroxyl groups is 1. The molecule has 2 nitrogen and oxygen atoms in total. The van der Waals surface area contributed by atoms with E-state index in [1.807, 2.05) is 0 Å². The van der Waals surface area contributed by atoms with Crippen molar-refractivity contribution < 1.29 is 9.84 Å². The molecule has 12 heavy (non-hydrogen) atoms. The zero-order valence-corrected chi connectivity index (χ0v) is 8.55. The largest absolute Gasteiger partial charge is 0.396 e. The second-order valence-electron chi connectivity index (χ2n) is 3.67. The van der Waals surface area contributed by atoms with Crippen LogP contribution in [-0.2, 0) is 4.74 Å². The Hall–Kier alpha value is -0.0800. The van der Waals surface area contributed by atoms with Gasteiger partial charge in [-0.2, -0.15) is 0 Å². The standard InChI is InChI=1S/C10H22O2/c1-4-9(2)7-12-8-10(3)5-6-11/h9-11H,4-8H2,1-3H3. The van der Waals surface area contributed by atoms with Gasteiger partial charge in [-0.05, 0) is 18.3 Å². The van der Waals surface area contributed by atoms with Crippen molar-refractivity contribution in [1.82, 2.24) is 0 Å². The first-order valence-electron chi connectivity index (χ1n) is 4.89. The zero-order chi connectivity index (χ0) is 9.40. The van der Waals surface area contributed by atoms with Gasteiger partial charge < -0.3 is 9.84 Å². The zero-order valence-electron chi connectivity index (χ0n) is 8.55. The van der Waals surface area contributed by atoms with E-state index in [4.69, 9.17) is 9.84 Å². The molecule has 0 rings (SSSR count). The summed E-state index contributed by atoms with van der Waals surface area (Å²) in [6.07, 6.45) is 2.02. The molecule has 0 aromatic rings. The highest BCUT2D eigenvalue weighted by Crippen LogP contribution is 2.05. The van der Waals surface area contributed by atoms with Crippen LogP contribution in [0.1, 0.15) is 33.6 Å². The Morgan fingerprint density at radius 2 is 1.75 bits per heavy atom. The van der Waals surface area contributed by atoms with Crippen molar-refractivity contribution in [3.05, 3.63) is 0 Å². The molecule has 0 spiro atoms. The molecule has 0 aliphatic carbocycles. The summed E-state index contributed by atoms with van der Waals surface area (Å²) >= 11 is 0. The number of aliphatic hydroxyl groups excluding tert-OH is 1. The first-order chi connectivity index (χ1) is 5.70. The SMILES string of the molecule is CCC(C)COCC(C)CCO.